The summed E-state index contributed by atoms with van der Waals surface area (Å²) in [5.41, 5.74) is 7.35. The summed E-state index contributed by atoms with van der Waals surface area (Å²) < 4.78 is 1.57. The van der Waals surface area contributed by atoms with E-state index in [1.165, 1.54) is 0 Å². The van der Waals surface area contributed by atoms with E-state index in [1.54, 1.807) is 11.6 Å². The Morgan fingerprint density at radius 2 is 2.19 bits per heavy atom. The van der Waals surface area contributed by atoms with Gasteiger partial charge in [-0.25, -0.2) is 4.98 Å². The summed E-state index contributed by atoms with van der Waals surface area (Å²) in [6.07, 6.45) is 0.621. The van der Waals surface area contributed by atoms with Crippen molar-refractivity contribution >= 4 is 10.9 Å². The Balaban J connectivity index is 2.78. The van der Waals surface area contributed by atoms with Gasteiger partial charge in [-0.1, -0.05) is 6.07 Å². The number of aromatic nitrogens is 2. The third kappa shape index (κ3) is 1.72. The molecule has 0 radical (unpaired) electrons. The van der Waals surface area contributed by atoms with Gasteiger partial charge in [0.25, 0.3) is 5.56 Å². The maximum Gasteiger partial charge on any atom is 0.261 e. The van der Waals surface area contributed by atoms with E-state index < -0.39 is 0 Å². The molecule has 1 aromatic heterocycles. The van der Waals surface area contributed by atoms with Gasteiger partial charge in [0, 0.05) is 13.5 Å². The molecule has 2 aromatic rings. The summed E-state index contributed by atoms with van der Waals surface area (Å²) in [5.74, 6) is 0.741. The quantitative estimate of drug-likeness (QED) is 0.807. The summed E-state index contributed by atoms with van der Waals surface area (Å²) in [6.45, 7) is 2.48. The molecule has 0 atom stereocenters. The first kappa shape index (κ1) is 10.8. The highest BCUT2D eigenvalue weighted by atomic mass is 16.1. The van der Waals surface area contributed by atoms with E-state index >= 15 is 0 Å². The highest BCUT2D eigenvalue weighted by molar-refractivity contribution is 5.78. The molecule has 1 heterocycles. The molecule has 84 valence electrons. The number of hydrogen-bond donors (Lipinski definition) is 1. The monoisotopic (exact) mass is 217 g/mol. The molecule has 16 heavy (non-hydrogen) atoms. The number of nitrogens with zero attached hydrogens (tertiary/aromatic N) is 2. The zero-order valence-electron chi connectivity index (χ0n) is 9.53. The first-order valence-electron chi connectivity index (χ1n) is 5.30. The van der Waals surface area contributed by atoms with Crippen LogP contribution in [0.1, 0.15) is 11.4 Å². The fourth-order valence-electron chi connectivity index (χ4n) is 1.78. The molecule has 0 aliphatic heterocycles. The first-order chi connectivity index (χ1) is 7.63. The average molecular weight is 217 g/mol. The average Bonchev–Trinajstić information content (AvgIpc) is 2.25. The number of benzene rings is 1. The molecule has 0 saturated carbocycles. The summed E-state index contributed by atoms with van der Waals surface area (Å²) in [5, 5.41) is 0.661. The van der Waals surface area contributed by atoms with Crippen LogP contribution in [-0.2, 0) is 13.5 Å². The van der Waals surface area contributed by atoms with Gasteiger partial charge in [-0.3, -0.25) is 9.36 Å². The smallest absolute Gasteiger partial charge is 0.261 e. The van der Waals surface area contributed by atoms with Crippen molar-refractivity contribution in [2.75, 3.05) is 6.54 Å². The minimum atomic E-state index is -0.00606. The van der Waals surface area contributed by atoms with Crippen molar-refractivity contribution in [1.82, 2.24) is 9.55 Å². The van der Waals surface area contributed by atoms with Crippen molar-refractivity contribution in [3.05, 3.63) is 39.9 Å². The van der Waals surface area contributed by atoms with Gasteiger partial charge < -0.3 is 5.73 Å². The normalized spacial score (nSPS) is 10.9. The molecule has 1 aromatic carbocycles. The van der Waals surface area contributed by atoms with Crippen molar-refractivity contribution in [3.8, 4) is 0 Å². The zero-order valence-corrected chi connectivity index (χ0v) is 9.53. The Bertz CT molecular complexity index is 587. The molecule has 0 aliphatic carbocycles. The number of rotatable bonds is 2. The summed E-state index contributed by atoms with van der Waals surface area (Å²) >= 11 is 0. The van der Waals surface area contributed by atoms with Crippen molar-refractivity contribution in [2.24, 2.45) is 12.8 Å². The molecule has 0 bridgehead atoms. The van der Waals surface area contributed by atoms with Crippen LogP contribution in [0.25, 0.3) is 10.9 Å². The molecule has 0 aliphatic rings. The Morgan fingerprint density at radius 3 is 2.88 bits per heavy atom. The largest absolute Gasteiger partial charge is 0.330 e. The predicted octanol–water partition coefficient (Wildman–Crippen LogP) is 0.743. The number of aryl methyl sites for hydroxylation is 1. The highest BCUT2D eigenvalue weighted by Crippen LogP contribution is 2.10. The molecule has 0 amide bonds. The summed E-state index contributed by atoms with van der Waals surface area (Å²) in [4.78, 5) is 16.5. The lowest BCUT2D eigenvalue weighted by molar-refractivity contribution is 0.731. The number of hydrogen-bond acceptors (Lipinski definition) is 3. The Kier molecular flexibility index (Phi) is 2.75. The SMILES string of the molecule is Cc1ccc2c(=O)n(C)c(CCN)nc2c1. The van der Waals surface area contributed by atoms with Crippen molar-refractivity contribution in [1.29, 1.82) is 0 Å². The summed E-state index contributed by atoms with van der Waals surface area (Å²) in [6, 6.07) is 5.68. The topological polar surface area (TPSA) is 60.9 Å². The van der Waals surface area contributed by atoms with Crippen LogP contribution in [0.4, 0.5) is 0 Å². The van der Waals surface area contributed by atoms with Crippen LogP contribution in [0, 0.1) is 6.92 Å². The Hall–Kier alpha value is -1.68. The Morgan fingerprint density at radius 1 is 1.44 bits per heavy atom. The van der Waals surface area contributed by atoms with Gasteiger partial charge in [-0.2, -0.15) is 0 Å². The second-order valence-corrected chi connectivity index (χ2v) is 3.95. The molecule has 0 saturated heterocycles. The minimum Gasteiger partial charge on any atom is -0.330 e. The van der Waals surface area contributed by atoms with Crippen molar-refractivity contribution < 1.29 is 0 Å². The molecular weight excluding hydrogens is 202 g/mol. The van der Waals surface area contributed by atoms with Crippen LogP contribution >= 0.6 is 0 Å². The molecule has 4 heteroatoms. The lowest BCUT2D eigenvalue weighted by atomic mass is 10.1. The van der Waals surface area contributed by atoms with Crippen LogP contribution in [0.5, 0.6) is 0 Å². The molecule has 4 nitrogen and oxygen atoms in total. The van der Waals surface area contributed by atoms with Crippen molar-refractivity contribution in [2.45, 2.75) is 13.3 Å². The van der Waals surface area contributed by atoms with Gasteiger partial charge in [-0.05, 0) is 31.2 Å². The van der Waals surface area contributed by atoms with Gasteiger partial charge in [-0.15, -0.1) is 0 Å². The van der Waals surface area contributed by atoms with E-state index in [9.17, 15) is 4.79 Å². The molecular formula is C12H15N3O. The van der Waals surface area contributed by atoms with E-state index in [0.717, 1.165) is 16.9 Å². The minimum absolute atomic E-state index is 0.00606. The lowest BCUT2D eigenvalue weighted by Gasteiger charge is -2.08. The van der Waals surface area contributed by atoms with Crippen LogP contribution in [-0.4, -0.2) is 16.1 Å². The van der Waals surface area contributed by atoms with Crippen LogP contribution in [0.15, 0.2) is 23.0 Å². The molecule has 0 spiro atoms. The molecule has 0 fully saturated rings. The fraction of sp³-hybridized carbons (Fsp3) is 0.333. The van der Waals surface area contributed by atoms with Gasteiger partial charge >= 0.3 is 0 Å². The lowest BCUT2D eigenvalue weighted by Crippen LogP contribution is -2.24. The predicted molar refractivity (Wildman–Crippen MR) is 64.5 cm³/mol. The number of nitrogens with two attached hydrogens (primary N) is 1. The highest BCUT2D eigenvalue weighted by Gasteiger charge is 2.07. The fourth-order valence-corrected chi connectivity index (χ4v) is 1.78. The van der Waals surface area contributed by atoms with Gasteiger partial charge in [0.05, 0.1) is 10.9 Å². The maximum atomic E-state index is 12.0. The number of fused-ring (bicyclic) bond motifs is 1. The van der Waals surface area contributed by atoms with E-state index in [2.05, 4.69) is 4.98 Å². The van der Waals surface area contributed by atoms with Gasteiger partial charge in [0.1, 0.15) is 5.82 Å². The zero-order chi connectivity index (χ0) is 11.7. The first-order valence-corrected chi connectivity index (χ1v) is 5.30. The third-order valence-electron chi connectivity index (χ3n) is 2.69. The second kappa shape index (κ2) is 4.06. The van der Waals surface area contributed by atoms with E-state index in [1.807, 2.05) is 25.1 Å². The molecule has 0 unspecified atom stereocenters. The van der Waals surface area contributed by atoms with E-state index in [4.69, 9.17) is 5.73 Å². The van der Waals surface area contributed by atoms with E-state index in [-0.39, 0.29) is 5.56 Å². The van der Waals surface area contributed by atoms with Crippen LogP contribution in [0.2, 0.25) is 0 Å². The maximum absolute atomic E-state index is 12.0. The standard InChI is InChI=1S/C12H15N3O/c1-8-3-4-9-10(7-8)14-11(5-6-13)15(2)12(9)16/h3-4,7H,5-6,13H2,1-2H3. The third-order valence-corrected chi connectivity index (χ3v) is 2.69. The van der Waals surface area contributed by atoms with Gasteiger partial charge in [0.2, 0.25) is 0 Å². The molecule has 2 N–H and O–H groups in total. The van der Waals surface area contributed by atoms with Crippen LogP contribution < -0.4 is 11.3 Å². The van der Waals surface area contributed by atoms with Crippen molar-refractivity contribution in [3.63, 3.8) is 0 Å². The molecule has 2 rings (SSSR count). The Labute approximate surface area is 93.7 Å². The van der Waals surface area contributed by atoms with E-state index in [0.29, 0.717) is 18.4 Å². The second-order valence-electron chi connectivity index (χ2n) is 3.95. The van der Waals surface area contributed by atoms with Crippen LogP contribution in [0.3, 0.4) is 0 Å². The summed E-state index contributed by atoms with van der Waals surface area (Å²) in [7, 11) is 1.74. The van der Waals surface area contributed by atoms with Gasteiger partial charge in [0.15, 0.2) is 0 Å².